The van der Waals surface area contributed by atoms with Gasteiger partial charge in [-0.3, -0.25) is 14.8 Å². The molecule has 118 valence electrons. The minimum absolute atomic E-state index is 0.123. The van der Waals surface area contributed by atoms with Crippen molar-refractivity contribution in [1.82, 2.24) is 14.9 Å². The van der Waals surface area contributed by atoms with E-state index >= 15 is 0 Å². The van der Waals surface area contributed by atoms with E-state index in [1.54, 1.807) is 68.7 Å². The Bertz CT molecular complexity index is 740. The standard InChI is InChI=1S/C18H19N3O2/c1-18(2,23)8-7-14-5-4-6-15(11-14)17(22)21(3)13-16-12-19-9-10-20-16/h4-6,9-12,23H,13H2,1-3H3. The van der Waals surface area contributed by atoms with Gasteiger partial charge in [0.25, 0.3) is 5.91 Å². The summed E-state index contributed by atoms with van der Waals surface area (Å²) in [6.45, 7) is 3.61. The molecule has 0 bridgehead atoms. The molecule has 0 unspecified atom stereocenters. The summed E-state index contributed by atoms with van der Waals surface area (Å²) in [5, 5.41) is 9.65. The zero-order valence-corrected chi connectivity index (χ0v) is 13.4. The number of hydrogen-bond acceptors (Lipinski definition) is 4. The molecule has 5 nitrogen and oxygen atoms in total. The van der Waals surface area contributed by atoms with E-state index in [9.17, 15) is 9.90 Å². The zero-order valence-electron chi connectivity index (χ0n) is 13.4. The van der Waals surface area contributed by atoms with Crippen molar-refractivity contribution < 1.29 is 9.90 Å². The number of carbonyl (C=O) groups is 1. The van der Waals surface area contributed by atoms with Crippen LogP contribution in [0.1, 0.15) is 35.5 Å². The highest BCUT2D eigenvalue weighted by Gasteiger charge is 2.13. The summed E-state index contributed by atoms with van der Waals surface area (Å²) in [6.07, 6.45) is 4.83. The minimum Gasteiger partial charge on any atom is -0.378 e. The molecule has 0 aliphatic carbocycles. The van der Waals surface area contributed by atoms with E-state index in [-0.39, 0.29) is 5.91 Å². The van der Waals surface area contributed by atoms with Gasteiger partial charge in [0, 0.05) is 30.6 Å². The smallest absolute Gasteiger partial charge is 0.253 e. The molecule has 2 rings (SSSR count). The first-order chi connectivity index (χ1) is 10.8. The molecule has 1 N–H and O–H groups in total. The molecule has 5 heteroatoms. The Kier molecular flexibility index (Phi) is 5.09. The highest BCUT2D eigenvalue weighted by molar-refractivity contribution is 5.94. The SMILES string of the molecule is CN(Cc1cnccn1)C(=O)c1cccc(C#CC(C)(C)O)c1. The lowest BCUT2D eigenvalue weighted by Gasteiger charge is -2.16. The Labute approximate surface area is 136 Å². The Balaban J connectivity index is 2.14. The molecule has 0 saturated heterocycles. The lowest BCUT2D eigenvalue weighted by Crippen LogP contribution is -2.26. The van der Waals surface area contributed by atoms with Gasteiger partial charge in [0.15, 0.2) is 0 Å². The average Bonchev–Trinajstić information content (AvgIpc) is 2.53. The van der Waals surface area contributed by atoms with Crippen molar-refractivity contribution in [2.75, 3.05) is 7.05 Å². The van der Waals surface area contributed by atoms with Gasteiger partial charge in [-0.1, -0.05) is 17.9 Å². The first-order valence-electron chi connectivity index (χ1n) is 7.21. The second-order valence-electron chi connectivity index (χ2n) is 5.75. The molecule has 1 aromatic heterocycles. The number of rotatable bonds is 3. The van der Waals surface area contributed by atoms with Gasteiger partial charge in [-0.05, 0) is 32.0 Å². The number of carbonyl (C=O) groups excluding carboxylic acids is 1. The van der Waals surface area contributed by atoms with Crippen molar-refractivity contribution in [2.24, 2.45) is 0 Å². The summed E-state index contributed by atoms with van der Waals surface area (Å²) in [4.78, 5) is 22.2. The monoisotopic (exact) mass is 309 g/mol. The van der Waals surface area contributed by atoms with Gasteiger partial charge in [0.1, 0.15) is 5.60 Å². The van der Waals surface area contributed by atoms with Crippen LogP contribution >= 0.6 is 0 Å². The number of aromatic nitrogens is 2. The Morgan fingerprint density at radius 3 is 2.78 bits per heavy atom. The van der Waals surface area contributed by atoms with Crippen LogP contribution in [0.5, 0.6) is 0 Å². The maximum atomic E-state index is 12.5. The highest BCUT2D eigenvalue weighted by Crippen LogP contribution is 2.09. The quantitative estimate of drug-likeness (QED) is 0.879. The Morgan fingerprint density at radius 1 is 1.35 bits per heavy atom. The van der Waals surface area contributed by atoms with Gasteiger partial charge >= 0.3 is 0 Å². The number of amides is 1. The van der Waals surface area contributed by atoms with Crippen LogP contribution in [-0.2, 0) is 6.54 Å². The van der Waals surface area contributed by atoms with Gasteiger partial charge in [-0.2, -0.15) is 0 Å². The van der Waals surface area contributed by atoms with Gasteiger partial charge in [-0.25, -0.2) is 0 Å². The summed E-state index contributed by atoms with van der Waals surface area (Å²) in [5.74, 6) is 5.49. The fourth-order valence-electron chi connectivity index (χ4n) is 1.90. The van der Waals surface area contributed by atoms with E-state index in [4.69, 9.17) is 0 Å². The largest absolute Gasteiger partial charge is 0.378 e. The number of hydrogen-bond donors (Lipinski definition) is 1. The summed E-state index contributed by atoms with van der Waals surface area (Å²) in [5.41, 5.74) is 0.883. The van der Waals surface area contributed by atoms with E-state index in [1.807, 2.05) is 0 Å². The first kappa shape index (κ1) is 16.7. The molecule has 0 radical (unpaired) electrons. The second-order valence-corrected chi connectivity index (χ2v) is 5.75. The molecule has 1 heterocycles. The van der Waals surface area contributed by atoms with Crippen LogP contribution in [0.25, 0.3) is 0 Å². The normalized spacial score (nSPS) is 10.6. The van der Waals surface area contributed by atoms with Crippen molar-refractivity contribution in [2.45, 2.75) is 26.0 Å². The van der Waals surface area contributed by atoms with E-state index in [0.717, 1.165) is 5.69 Å². The molecular formula is C18H19N3O2. The molecule has 0 saturated carbocycles. The topological polar surface area (TPSA) is 66.3 Å². The van der Waals surface area contributed by atoms with E-state index in [2.05, 4.69) is 21.8 Å². The second kappa shape index (κ2) is 7.03. The van der Waals surface area contributed by atoms with Crippen molar-refractivity contribution in [3.05, 3.63) is 59.7 Å². The van der Waals surface area contributed by atoms with Crippen molar-refractivity contribution in [3.63, 3.8) is 0 Å². The van der Waals surface area contributed by atoms with E-state index in [0.29, 0.717) is 17.7 Å². The lowest BCUT2D eigenvalue weighted by atomic mass is 10.1. The van der Waals surface area contributed by atoms with Gasteiger partial charge in [-0.15, -0.1) is 0 Å². The average molecular weight is 309 g/mol. The molecule has 0 spiro atoms. The van der Waals surface area contributed by atoms with Crippen molar-refractivity contribution >= 4 is 5.91 Å². The predicted molar refractivity (Wildman–Crippen MR) is 87.4 cm³/mol. The molecule has 0 atom stereocenters. The van der Waals surface area contributed by atoms with Crippen molar-refractivity contribution in [1.29, 1.82) is 0 Å². The number of aliphatic hydroxyl groups is 1. The zero-order chi connectivity index (χ0) is 16.9. The van der Waals surface area contributed by atoms with E-state index in [1.165, 1.54) is 0 Å². The maximum Gasteiger partial charge on any atom is 0.253 e. The van der Waals surface area contributed by atoms with Crippen LogP contribution < -0.4 is 0 Å². The molecule has 23 heavy (non-hydrogen) atoms. The fourth-order valence-corrected chi connectivity index (χ4v) is 1.90. The summed E-state index contributed by atoms with van der Waals surface area (Å²) >= 11 is 0. The van der Waals surface area contributed by atoms with Gasteiger partial charge in [0.2, 0.25) is 0 Å². The fraction of sp³-hybridized carbons (Fsp3) is 0.278. The van der Waals surface area contributed by atoms with Crippen LogP contribution in [0.15, 0.2) is 42.9 Å². The minimum atomic E-state index is -1.07. The van der Waals surface area contributed by atoms with Crippen molar-refractivity contribution in [3.8, 4) is 11.8 Å². The van der Waals surface area contributed by atoms with Crippen LogP contribution in [0.4, 0.5) is 0 Å². The first-order valence-corrected chi connectivity index (χ1v) is 7.21. The Hall–Kier alpha value is -2.71. The summed E-state index contributed by atoms with van der Waals surface area (Å²) < 4.78 is 0. The van der Waals surface area contributed by atoms with Crippen LogP contribution in [-0.4, -0.2) is 38.5 Å². The molecule has 1 aromatic carbocycles. The molecular weight excluding hydrogens is 290 g/mol. The number of benzene rings is 1. The number of nitrogens with zero attached hydrogens (tertiary/aromatic N) is 3. The lowest BCUT2D eigenvalue weighted by molar-refractivity contribution is 0.0783. The van der Waals surface area contributed by atoms with Crippen LogP contribution in [0.3, 0.4) is 0 Å². The van der Waals surface area contributed by atoms with Crippen LogP contribution in [0, 0.1) is 11.8 Å². The molecule has 1 amide bonds. The molecule has 0 aliphatic rings. The van der Waals surface area contributed by atoms with Gasteiger partial charge in [0.05, 0.1) is 18.4 Å². The van der Waals surface area contributed by atoms with Crippen LogP contribution in [0.2, 0.25) is 0 Å². The third-order valence-electron chi connectivity index (χ3n) is 2.98. The summed E-state index contributed by atoms with van der Waals surface area (Å²) in [7, 11) is 1.71. The highest BCUT2D eigenvalue weighted by atomic mass is 16.3. The van der Waals surface area contributed by atoms with E-state index < -0.39 is 5.60 Å². The molecule has 0 fully saturated rings. The Morgan fingerprint density at radius 2 is 2.13 bits per heavy atom. The maximum absolute atomic E-state index is 12.5. The third kappa shape index (κ3) is 5.20. The molecule has 2 aromatic rings. The third-order valence-corrected chi connectivity index (χ3v) is 2.98. The molecule has 0 aliphatic heterocycles. The summed E-state index contributed by atoms with van der Waals surface area (Å²) in [6, 6.07) is 7.04. The predicted octanol–water partition coefficient (Wildman–Crippen LogP) is 1.87. The van der Waals surface area contributed by atoms with Gasteiger partial charge < -0.3 is 10.0 Å².